The van der Waals surface area contributed by atoms with Gasteiger partial charge in [-0.15, -0.1) is 11.3 Å². The first-order valence-corrected chi connectivity index (χ1v) is 10.0. The maximum absolute atomic E-state index is 12.9. The van der Waals surface area contributed by atoms with Gasteiger partial charge in [0.25, 0.3) is 5.91 Å². The largest absolute Gasteiger partial charge is 0.487 e. The fourth-order valence-electron chi connectivity index (χ4n) is 4.33. The fraction of sp³-hybridized carbons (Fsp3) is 0.450. The molecule has 1 aromatic carbocycles. The number of aliphatic carboxylic acids is 1. The van der Waals surface area contributed by atoms with Gasteiger partial charge in [-0.05, 0) is 43.9 Å². The number of carbonyl (C=O) groups excluding carboxylic acids is 1. The van der Waals surface area contributed by atoms with E-state index >= 15 is 0 Å². The number of rotatable bonds is 5. The molecule has 27 heavy (non-hydrogen) atoms. The molecule has 1 aliphatic heterocycles. The summed E-state index contributed by atoms with van der Waals surface area (Å²) in [6.07, 6.45) is 2.47. The first kappa shape index (κ1) is 18.0. The number of carboxylic acids is 1. The smallest absolute Gasteiger partial charge is 0.311 e. The van der Waals surface area contributed by atoms with Crippen LogP contribution in [0.25, 0.3) is 0 Å². The lowest BCUT2D eigenvalue weighted by Crippen LogP contribution is -2.37. The van der Waals surface area contributed by atoms with Crippen molar-refractivity contribution in [2.24, 2.45) is 11.3 Å². The number of ether oxygens (including phenoxy) is 1. The molecule has 1 saturated heterocycles. The highest BCUT2D eigenvalue weighted by Gasteiger charge is 2.55. The number of thiazole rings is 1. The van der Waals surface area contributed by atoms with Crippen LogP contribution in [0, 0.1) is 18.3 Å². The number of hydrogen-bond acceptors (Lipinski definition) is 5. The summed E-state index contributed by atoms with van der Waals surface area (Å²) in [4.78, 5) is 30.8. The molecule has 1 aliphatic carbocycles. The van der Waals surface area contributed by atoms with Gasteiger partial charge in [0.15, 0.2) is 0 Å². The van der Waals surface area contributed by atoms with Crippen molar-refractivity contribution in [2.45, 2.75) is 32.8 Å². The van der Waals surface area contributed by atoms with E-state index in [0.29, 0.717) is 37.4 Å². The van der Waals surface area contributed by atoms with E-state index in [1.54, 1.807) is 34.4 Å². The zero-order chi connectivity index (χ0) is 19.0. The number of amides is 1. The molecule has 7 heteroatoms. The van der Waals surface area contributed by atoms with Crippen LogP contribution < -0.4 is 4.74 Å². The Morgan fingerprint density at radius 1 is 1.44 bits per heavy atom. The van der Waals surface area contributed by atoms with E-state index in [-0.39, 0.29) is 11.8 Å². The van der Waals surface area contributed by atoms with Crippen LogP contribution in [-0.4, -0.2) is 40.0 Å². The van der Waals surface area contributed by atoms with Gasteiger partial charge < -0.3 is 14.7 Å². The third-order valence-electron chi connectivity index (χ3n) is 5.72. The first-order chi connectivity index (χ1) is 13.0. The van der Waals surface area contributed by atoms with Crippen molar-refractivity contribution in [1.82, 2.24) is 9.88 Å². The molecular formula is C20H22N2O4S. The number of benzene rings is 1. The standard InChI is InChI=1S/C20H22N2O4S/c1-13-21-16(11-27-13)10-26-17-6-2-4-14(8-17)18(23)22-9-15-5-3-7-20(15,12-22)19(24)25/h2,4,6,8,11,15H,3,5,7,9-10,12H2,1H3,(H,24,25)/t15-,20+/m0/s1. The average molecular weight is 386 g/mol. The van der Waals surface area contributed by atoms with Crippen LogP contribution in [0.4, 0.5) is 0 Å². The lowest BCUT2D eigenvalue weighted by molar-refractivity contribution is -0.149. The Morgan fingerprint density at radius 3 is 3.00 bits per heavy atom. The van der Waals surface area contributed by atoms with Gasteiger partial charge in [0, 0.05) is 24.0 Å². The summed E-state index contributed by atoms with van der Waals surface area (Å²) in [5.41, 5.74) is 0.638. The first-order valence-electron chi connectivity index (χ1n) is 9.14. The normalized spacial score (nSPS) is 24.0. The summed E-state index contributed by atoms with van der Waals surface area (Å²) < 4.78 is 5.77. The second kappa shape index (κ2) is 6.96. The lowest BCUT2D eigenvalue weighted by atomic mass is 9.81. The average Bonchev–Trinajstić information content (AvgIpc) is 3.33. The van der Waals surface area contributed by atoms with Crippen molar-refractivity contribution in [3.05, 3.63) is 45.9 Å². The van der Waals surface area contributed by atoms with Crippen molar-refractivity contribution in [1.29, 1.82) is 0 Å². The molecule has 0 unspecified atom stereocenters. The van der Waals surface area contributed by atoms with Crippen molar-refractivity contribution in [3.63, 3.8) is 0 Å². The summed E-state index contributed by atoms with van der Waals surface area (Å²) in [5.74, 6) is -0.221. The Labute approximate surface area is 161 Å². The summed E-state index contributed by atoms with van der Waals surface area (Å²) in [5, 5.41) is 12.7. The predicted octanol–water partition coefficient (Wildman–Crippen LogP) is 3.36. The number of aryl methyl sites for hydroxylation is 1. The highest BCUT2D eigenvalue weighted by molar-refractivity contribution is 7.09. The molecule has 0 bridgehead atoms. The zero-order valence-electron chi connectivity index (χ0n) is 15.2. The molecule has 1 amide bonds. The summed E-state index contributed by atoms with van der Waals surface area (Å²) in [7, 11) is 0. The Kier molecular flexibility index (Phi) is 4.63. The molecular weight excluding hydrogens is 364 g/mol. The molecule has 4 rings (SSSR count). The second-order valence-electron chi connectivity index (χ2n) is 7.41. The monoisotopic (exact) mass is 386 g/mol. The number of hydrogen-bond donors (Lipinski definition) is 1. The minimum absolute atomic E-state index is 0.0614. The molecule has 2 atom stereocenters. The van der Waals surface area contributed by atoms with Gasteiger partial charge in [-0.25, -0.2) is 4.98 Å². The van der Waals surface area contributed by atoms with Gasteiger partial charge >= 0.3 is 5.97 Å². The minimum Gasteiger partial charge on any atom is -0.487 e. The van der Waals surface area contributed by atoms with Crippen LogP contribution in [0.5, 0.6) is 5.75 Å². The Bertz CT molecular complexity index is 880. The third kappa shape index (κ3) is 3.32. The van der Waals surface area contributed by atoms with Crippen molar-refractivity contribution in [3.8, 4) is 5.75 Å². The van der Waals surface area contributed by atoms with Gasteiger partial charge in [0.2, 0.25) is 0 Å². The number of nitrogens with zero attached hydrogens (tertiary/aromatic N) is 2. The second-order valence-corrected chi connectivity index (χ2v) is 8.47. The number of aromatic nitrogens is 1. The van der Waals surface area contributed by atoms with Crippen LogP contribution in [-0.2, 0) is 11.4 Å². The molecule has 1 saturated carbocycles. The van der Waals surface area contributed by atoms with E-state index in [1.165, 1.54) is 0 Å². The van der Waals surface area contributed by atoms with Crippen LogP contribution >= 0.6 is 11.3 Å². The minimum atomic E-state index is -0.768. The van der Waals surface area contributed by atoms with Gasteiger partial charge in [-0.3, -0.25) is 9.59 Å². The molecule has 1 N–H and O–H groups in total. The van der Waals surface area contributed by atoms with Gasteiger partial charge in [-0.1, -0.05) is 12.5 Å². The fourth-order valence-corrected chi connectivity index (χ4v) is 4.92. The third-order valence-corrected chi connectivity index (χ3v) is 6.54. The van der Waals surface area contributed by atoms with Crippen LogP contribution in [0.1, 0.15) is 40.3 Å². The van der Waals surface area contributed by atoms with Crippen LogP contribution in [0.3, 0.4) is 0 Å². The SMILES string of the molecule is Cc1nc(COc2cccc(C(=O)N3C[C@@H]4CCC[C@@]4(C(=O)O)C3)c2)cs1. The number of likely N-dealkylation sites (tertiary alicyclic amines) is 1. The Hall–Kier alpha value is -2.41. The summed E-state index contributed by atoms with van der Waals surface area (Å²) in [6.45, 7) is 3.13. The number of carbonyl (C=O) groups is 2. The number of fused-ring (bicyclic) bond motifs is 1. The lowest BCUT2D eigenvalue weighted by Gasteiger charge is -2.23. The van der Waals surface area contributed by atoms with E-state index in [1.807, 2.05) is 18.4 Å². The van der Waals surface area contributed by atoms with Crippen molar-refractivity contribution < 1.29 is 19.4 Å². The molecule has 142 valence electrons. The van der Waals surface area contributed by atoms with Gasteiger partial charge in [0.05, 0.1) is 16.1 Å². The molecule has 2 heterocycles. The maximum atomic E-state index is 12.9. The Morgan fingerprint density at radius 2 is 2.30 bits per heavy atom. The topological polar surface area (TPSA) is 79.7 Å². The van der Waals surface area contributed by atoms with Crippen molar-refractivity contribution in [2.75, 3.05) is 13.1 Å². The van der Waals surface area contributed by atoms with E-state index < -0.39 is 11.4 Å². The van der Waals surface area contributed by atoms with Gasteiger partial charge in [0.1, 0.15) is 12.4 Å². The van der Waals surface area contributed by atoms with Crippen LogP contribution in [0.15, 0.2) is 29.6 Å². The highest BCUT2D eigenvalue weighted by atomic mass is 32.1. The quantitative estimate of drug-likeness (QED) is 0.852. The van der Waals surface area contributed by atoms with E-state index in [9.17, 15) is 14.7 Å². The van der Waals surface area contributed by atoms with Gasteiger partial charge in [-0.2, -0.15) is 0 Å². The van der Waals surface area contributed by atoms with E-state index in [4.69, 9.17) is 4.74 Å². The molecule has 6 nitrogen and oxygen atoms in total. The van der Waals surface area contributed by atoms with Crippen molar-refractivity contribution >= 4 is 23.2 Å². The Balaban J connectivity index is 1.46. The summed E-state index contributed by atoms with van der Waals surface area (Å²) in [6, 6.07) is 7.08. The molecule has 0 radical (unpaired) electrons. The summed E-state index contributed by atoms with van der Waals surface area (Å²) >= 11 is 1.57. The molecule has 2 aliphatic rings. The van der Waals surface area contributed by atoms with E-state index in [2.05, 4.69) is 4.98 Å². The molecule has 2 aromatic rings. The van der Waals surface area contributed by atoms with E-state index in [0.717, 1.165) is 23.5 Å². The zero-order valence-corrected chi connectivity index (χ0v) is 16.0. The number of carboxylic acid groups (broad SMARTS) is 1. The highest BCUT2D eigenvalue weighted by Crippen LogP contribution is 2.49. The molecule has 1 aromatic heterocycles. The maximum Gasteiger partial charge on any atom is 0.311 e. The van der Waals surface area contributed by atoms with Crippen LogP contribution in [0.2, 0.25) is 0 Å². The molecule has 0 spiro atoms. The predicted molar refractivity (Wildman–Crippen MR) is 101 cm³/mol. The molecule has 2 fully saturated rings.